The first-order chi connectivity index (χ1) is 10.1. The van der Waals surface area contributed by atoms with Crippen LogP contribution in [0, 0.1) is 3.57 Å². The largest absolute Gasteiger partial charge is 0.459 e. The molecule has 0 bridgehead atoms. The van der Waals surface area contributed by atoms with E-state index in [1.807, 2.05) is 49.5 Å². The van der Waals surface area contributed by atoms with Gasteiger partial charge in [0.15, 0.2) is 0 Å². The Labute approximate surface area is 146 Å². The van der Waals surface area contributed by atoms with Crippen molar-refractivity contribution >= 4 is 56.8 Å². The Hall–Kier alpha value is -0.750. The minimum Gasteiger partial charge on any atom is -0.459 e. The molecule has 21 heavy (non-hydrogen) atoms. The molecule has 2 nitrogen and oxygen atoms in total. The second-order valence-corrected chi connectivity index (χ2v) is 6.75. The Kier molecular flexibility index (Phi) is 4.45. The molecule has 1 atom stereocenters. The fourth-order valence-electron chi connectivity index (χ4n) is 2.36. The molecule has 3 aromatic rings. The molecular formula is C16H12Cl2INO. The molecule has 0 spiro atoms. The van der Waals surface area contributed by atoms with Crippen LogP contribution in [0.25, 0.3) is 11.0 Å². The molecule has 1 unspecified atom stereocenters. The second kappa shape index (κ2) is 6.16. The van der Waals surface area contributed by atoms with E-state index in [1.165, 1.54) is 0 Å². The Bertz CT molecular complexity index is 800. The van der Waals surface area contributed by atoms with Crippen LogP contribution in [0.1, 0.15) is 17.4 Å². The van der Waals surface area contributed by atoms with E-state index in [2.05, 4.69) is 27.9 Å². The van der Waals surface area contributed by atoms with E-state index in [4.69, 9.17) is 27.6 Å². The topological polar surface area (TPSA) is 25.2 Å². The maximum absolute atomic E-state index is 6.13. The summed E-state index contributed by atoms with van der Waals surface area (Å²) in [5, 5.41) is 5.70. The van der Waals surface area contributed by atoms with E-state index in [0.29, 0.717) is 10.0 Å². The van der Waals surface area contributed by atoms with Crippen molar-refractivity contribution in [1.82, 2.24) is 5.32 Å². The first-order valence-electron chi connectivity index (χ1n) is 6.39. The molecule has 0 amide bonds. The van der Waals surface area contributed by atoms with Crippen molar-refractivity contribution in [3.63, 3.8) is 0 Å². The highest BCUT2D eigenvalue weighted by Gasteiger charge is 2.19. The third-order valence-corrected chi connectivity index (χ3v) is 4.79. The van der Waals surface area contributed by atoms with Gasteiger partial charge in [0.2, 0.25) is 0 Å². The summed E-state index contributed by atoms with van der Waals surface area (Å²) in [5.41, 5.74) is 1.92. The highest BCUT2D eigenvalue weighted by molar-refractivity contribution is 14.1. The fraction of sp³-hybridized carbons (Fsp3) is 0.125. The standard InChI is InChI=1S/C16H12Cl2INO/c1-20-16(12-8-11(18)2-4-13(12)19)15-7-9-6-10(17)3-5-14(9)21-15/h2-8,16,20H,1H3. The average Bonchev–Trinajstić information content (AvgIpc) is 2.86. The smallest absolute Gasteiger partial charge is 0.134 e. The minimum absolute atomic E-state index is 0.0539. The van der Waals surface area contributed by atoms with Crippen LogP contribution in [0.5, 0.6) is 0 Å². The van der Waals surface area contributed by atoms with Crippen molar-refractivity contribution in [1.29, 1.82) is 0 Å². The molecule has 1 N–H and O–H groups in total. The summed E-state index contributed by atoms with van der Waals surface area (Å²) in [6, 6.07) is 13.4. The van der Waals surface area contributed by atoms with E-state index >= 15 is 0 Å². The fourth-order valence-corrected chi connectivity index (χ4v) is 3.37. The second-order valence-electron chi connectivity index (χ2n) is 4.72. The first kappa shape index (κ1) is 15.2. The van der Waals surface area contributed by atoms with Crippen molar-refractivity contribution in [2.75, 3.05) is 7.05 Å². The van der Waals surface area contributed by atoms with Gasteiger partial charge in [0.1, 0.15) is 11.3 Å². The molecule has 0 saturated carbocycles. The summed E-state index contributed by atoms with van der Waals surface area (Å²) < 4.78 is 7.09. The average molecular weight is 432 g/mol. The molecule has 0 radical (unpaired) electrons. The number of halogens is 3. The van der Waals surface area contributed by atoms with E-state index in [9.17, 15) is 0 Å². The molecule has 1 heterocycles. The van der Waals surface area contributed by atoms with Crippen molar-refractivity contribution in [2.45, 2.75) is 6.04 Å². The molecule has 3 rings (SSSR count). The number of hydrogen-bond donors (Lipinski definition) is 1. The van der Waals surface area contributed by atoms with Crippen LogP contribution in [0.15, 0.2) is 46.9 Å². The zero-order valence-electron chi connectivity index (χ0n) is 11.2. The summed E-state index contributed by atoms with van der Waals surface area (Å²) in [5.74, 6) is 0.843. The van der Waals surface area contributed by atoms with Crippen LogP contribution in [-0.4, -0.2) is 7.05 Å². The van der Waals surface area contributed by atoms with E-state index in [-0.39, 0.29) is 6.04 Å². The number of rotatable bonds is 3. The van der Waals surface area contributed by atoms with Crippen LogP contribution < -0.4 is 5.32 Å². The zero-order valence-corrected chi connectivity index (χ0v) is 14.8. The summed E-state index contributed by atoms with van der Waals surface area (Å²) in [4.78, 5) is 0. The third kappa shape index (κ3) is 3.06. The molecule has 0 aliphatic carbocycles. The molecule has 5 heteroatoms. The Balaban J connectivity index is 2.11. The number of nitrogens with one attached hydrogen (secondary N) is 1. The summed E-state index contributed by atoms with van der Waals surface area (Å²) in [6.45, 7) is 0. The summed E-state index contributed by atoms with van der Waals surface area (Å²) >= 11 is 14.5. The molecule has 2 aromatic carbocycles. The van der Waals surface area contributed by atoms with Crippen LogP contribution in [-0.2, 0) is 0 Å². The summed E-state index contributed by atoms with van der Waals surface area (Å²) in [6.07, 6.45) is 0. The van der Waals surface area contributed by atoms with Crippen molar-refractivity contribution in [3.8, 4) is 0 Å². The minimum atomic E-state index is -0.0539. The number of hydrogen-bond acceptors (Lipinski definition) is 2. The normalized spacial score (nSPS) is 12.8. The highest BCUT2D eigenvalue weighted by atomic mass is 127. The van der Waals surface area contributed by atoms with Gasteiger partial charge in [0.05, 0.1) is 6.04 Å². The Morgan fingerprint density at radius 2 is 1.76 bits per heavy atom. The molecule has 1 aromatic heterocycles. The van der Waals surface area contributed by atoms with Crippen LogP contribution in [0.2, 0.25) is 10.0 Å². The van der Waals surface area contributed by atoms with Gasteiger partial charge in [0.25, 0.3) is 0 Å². The van der Waals surface area contributed by atoms with Gasteiger partial charge in [0, 0.05) is 19.0 Å². The first-order valence-corrected chi connectivity index (χ1v) is 8.23. The lowest BCUT2D eigenvalue weighted by atomic mass is 10.0. The Morgan fingerprint density at radius 3 is 2.52 bits per heavy atom. The van der Waals surface area contributed by atoms with E-state index < -0.39 is 0 Å². The quantitative estimate of drug-likeness (QED) is 0.542. The maximum atomic E-state index is 6.13. The van der Waals surface area contributed by atoms with Gasteiger partial charge in [-0.05, 0) is 77.7 Å². The maximum Gasteiger partial charge on any atom is 0.134 e. The van der Waals surface area contributed by atoms with Gasteiger partial charge in [-0.2, -0.15) is 0 Å². The SMILES string of the molecule is CNC(c1cc2cc(Cl)ccc2o1)c1cc(Cl)ccc1I. The molecule has 0 fully saturated rings. The predicted octanol–water partition coefficient (Wildman–Crippen LogP) is 5.65. The lowest BCUT2D eigenvalue weighted by Gasteiger charge is -2.16. The number of benzene rings is 2. The third-order valence-electron chi connectivity index (χ3n) is 3.34. The molecule has 108 valence electrons. The Morgan fingerprint density at radius 1 is 1.05 bits per heavy atom. The number of fused-ring (bicyclic) bond motifs is 1. The molecule has 0 saturated heterocycles. The monoisotopic (exact) mass is 431 g/mol. The highest BCUT2D eigenvalue weighted by Crippen LogP contribution is 2.32. The van der Waals surface area contributed by atoms with Crippen LogP contribution in [0.4, 0.5) is 0 Å². The van der Waals surface area contributed by atoms with Gasteiger partial charge >= 0.3 is 0 Å². The van der Waals surface area contributed by atoms with Crippen LogP contribution >= 0.6 is 45.8 Å². The van der Waals surface area contributed by atoms with Gasteiger partial charge in [-0.25, -0.2) is 0 Å². The van der Waals surface area contributed by atoms with E-state index in [1.54, 1.807) is 0 Å². The molecule has 0 aliphatic heterocycles. The zero-order chi connectivity index (χ0) is 15.0. The predicted molar refractivity (Wildman–Crippen MR) is 96.3 cm³/mol. The molecular weight excluding hydrogens is 420 g/mol. The van der Waals surface area contributed by atoms with Crippen molar-refractivity contribution in [3.05, 3.63) is 67.4 Å². The van der Waals surface area contributed by atoms with Crippen LogP contribution in [0.3, 0.4) is 0 Å². The lowest BCUT2D eigenvalue weighted by Crippen LogP contribution is -2.18. The van der Waals surface area contributed by atoms with Crippen molar-refractivity contribution in [2.24, 2.45) is 0 Å². The van der Waals surface area contributed by atoms with Gasteiger partial charge in [-0.3, -0.25) is 0 Å². The van der Waals surface area contributed by atoms with Gasteiger partial charge in [-0.15, -0.1) is 0 Å². The number of furan rings is 1. The molecule has 0 aliphatic rings. The lowest BCUT2D eigenvalue weighted by molar-refractivity contribution is 0.491. The van der Waals surface area contributed by atoms with Crippen molar-refractivity contribution < 1.29 is 4.42 Å². The summed E-state index contributed by atoms with van der Waals surface area (Å²) in [7, 11) is 1.90. The van der Waals surface area contributed by atoms with Gasteiger partial charge < -0.3 is 9.73 Å². The van der Waals surface area contributed by atoms with E-state index in [0.717, 1.165) is 25.9 Å². The van der Waals surface area contributed by atoms with Gasteiger partial charge in [-0.1, -0.05) is 23.2 Å².